The Morgan fingerprint density at radius 3 is 2.26 bits per heavy atom. The maximum absolute atomic E-state index is 13.5. The number of nitrogens with zero attached hydrogens (tertiary/aromatic N) is 5. The quantitative estimate of drug-likeness (QED) is 0.225. The molecule has 1 aliphatic rings. The highest BCUT2D eigenvalue weighted by Crippen LogP contribution is 2.40. The minimum absolute atomic E-state index is 0.0118. The van der Waals surface area contributed by atoms with Crippen molar-refractivity contribution in [2.75, 3.05) is 10.6 Å². The number of aromatic amines is 1. The molecule has 0 unspecified atom stereocenters. The van der Waals surface area contributed by atoms with Gasteiger partial charge in [-0.2, -0.15) is 18.4 Å². The molecule has 3 amide bonds. The van der Waals surface area contributed by atoms with Crippen molar-refractivity contribution in [3.05, 3.63) is 69.3 Å². The van der Waals surface area contributed by atoms with Gasteiger partial charge in [-0.3, -0.25) is 20.2 Å². The van der Waals surface area contributed by atoms with E-state index >= 15 is 0 Å². The molecule has 0 aliphatic heterocycles. The van der Waals surface area contributed by atoms with E-state index in [-0.39, 0.29) is 29.6 Å². The van der Waals surface area contributed by atoms with Gasteiger partial charge in [0.2, 0.25) is 0 Å². The van der Waals surface area contributed by atoms with Crippen LogP contribution in [-0.4, -0.2) is 48.4 Å². The third-order valence-corrected chi connectivity index (χ3v) is 7.51. The van der Waals surface area contributed by atoms with E-state index in [1.807, 2.05) is 0 Å². The van der Waals surface area contributed by atoms with E-state index in [0.717, 1.165) is 25.0 Å². The first-order valence-corrected chi connectivity index (χ1v) is 13.3. The van der Waals surface area contributed by atoms with Crippen LogP contribution in [0.15, 0.2) is 42.5 Å². The van der Waals surface area contributed by atoms with Gasteiger partial charge < -0.3 is 10.2 Å². The van der Waals surface area contributed by atoms with Crippen molar-refractivity contribution >= 4 is 29.3 Å². The van der Waals surface area contributed by atoms with Gasteiger partial charge in [-0.25, -0.2) is 4.79 Å². The van der Waals surface area contributed by atoms with Gasteiger partial charge in [0.1, 0.15) is 5.56 Å². The molecule has 42 heavy (non-hydrogen) atoms. The van der Waals surface area contributed by atoms with Gasteiger partial charge in [-0.1, -0.05) is 38.0 Å². The summed E-state index contributed by atoms with van der Waals surface area (Å²) in [5, 5.41) is 29.1. The van der Waals surface area contributed by atoms with Crippen LogP contribution in [0, 0.1) is 21.4 Å². The maximum atomic E-state index is 13.5. The summed E-state index contributed by atoms with van der Waals surface area (Å²) < 4.78 is 40.6. The monoisotopic (exact) mass is 588 g/mol. The Morgan fingerprint density at radius 2 is 1.71 bits per heavy atom. The molecule has 224 valence electrons. The molecule has 0 saturated heterocycles. The zero-order valence-corrected chi connectivity index (χ0v) is 23.2. The predicted octanol–water partition coefficient (Wildman–Crippen LogP) is 6.02. The van der Waals surface area contributed by atoms with Gasteiger partial charge in [0.25, 0.3) is 17.5 Å². The van der Waals surface area contributed by atoms with Crippen molar-refractivity contribution in [3.8, 4) is 0 Å². The number of urea groups is 1. The lowest BCUT2D eigenvalue weighted by molar-refractivity contribution is -0.388. The number of hydrogen-bond donors (Lipinski definition) is 3. The molecule has 3 N–H and O–H groups in total. The normalized spacial score (nSPS) is 17.4. The molecule has 0 radical (unpaired) electrons. The molecule has 1 fully saturated rings. The van der Waals surface area contributed by atoms with Crippen LogP contribution in [0.25, 0.3) is 0 Å². The topological polar surface area (TPSA) is 159 Å². The third-order valence-electron chi connectivity index (χ3n) is 7.51. The van der Waals surface area contributed by atoms with Crippen molar-refractivity contribution in [2.24, 2.45) is 11.3 Å². The zero-order valence-electron chi connectivity index (χ0n) is 23.2. The Labute approximate surface area is 239 Å². The van der Waals surface area contributed by atoms with Gasteiger partial charge in [0.05, 0.1) is 4.92 Å². The molecule has 15 heteroatoms. The van der Waals surface area contributed by atoms with Crippen LogP contribution in [0.3, 0.4) is 0 Å². The van der Waals surface area contributed by atoms with Crippen molar-refractivity contribution in [3.63, 3.8) is 0 Å². The molecule has 0 spiro atoms. The number of nitro benzene ring substituents is 1. The third kappa shape index (κ3) is 7.39. The Kier molecular flexibility index (Phi) is 8.78. The smallest absolute Gasteiger partial charge is 0.317 e. The Balaban J connectivity index is 1.55. The second-order valence-corrected chi connectivity index (χ2v) is 11.3. The molecule has 1 aromatic heterocycles. The molecular weight excluding hydrogens is 557 g/mol. The number of rotatable bonds is 7. The SMILES string of the molecule is CC(C)(C)C1CCC(N(Cc2ccc(C(=O)Nc3nn[nH]n3)cc2)C(=O)Nc2ccc([N+](=O)[O-])c(C(F)(F)F)c2)CC1. The van der Waals surface area contributed by atoms with Crippen LogP contribution >= 0.6 is 0 Å². The van der Waals surface area contributed by atoms with E-state index in [1.165, 1.54) is 0 Å². The zero-order chi connectivity index (χ0) is 30.7. The van der Waals surface area contributed by atoms with Gasteiger partial charge >= 0.3 is 12.2 Å². The van der Waals surface area contributed by atoms with Crippen molar-refractivity contribution < 1.29 is 27.7 Å². The summed E-state index contributed by atoms with van der Waals surface area (Å²) in [4.78, 5) is 37.6. The molecule has 1 heterocycles. The number of amides is 3. The maximum Gasteiger partial charge on any atom is 0.423 e. The first-order valence-electron chi connectivity index (χ1n) is 13.3. The van der Waals surface area contributed by atoms with Crippen molar-refractivity contribution in [1.29, 1.82) is 0 Å². The molecule has 12 nitrogen and oxygen atoms in total. The number of H-pyrrole nitrogens is 1. The number of alkyl halides is 3. The average molecular weight is 589 g/mol. The number of anilines is 2. The van der Waals surface area contributed by atoms with Crippen LogP contribution in [0.5, 0.6) is 0 Å². The Hall–Kier alpha value is -4.56. The van der Waals surface area contributed by atoms with Crippen LogP contribution in [-0.2, 0) is 12.7 Å². The number of benzene rings is 2. The van der Waals surface area contributed by atoms with Gasteiger partial charge in [0, 0.05) is 29.9 Å². The largest absolute Gasteiger partial charge is 0.423 e. The highest BCUT2D eigenvalue weighted by Gasteiger charge is 2.39. The molecule has 1 aliphatic carbocycles. The summed E-state index contributed by atoms with van der Waals surface area (Å²) in [5.74, 6) is 0.00841. The van der Waals surface area contributed by atoms with Gasteiger partial charge in [0.15, 0.2) is 0 Å². The molecule has 0 bridgehead atoms. The highest BCUT2D eigenvalue weighted by atomic mass is 19.4. The Morgan fingerprint density at radius 1 is 1.05 bits per heavy atom. The second kappa shape index (κ2) is 12.1. The lowest BCUT2D eigenvalue weighted by atomic mass is 9.71. The summed E-state index contributed by atoms with van der Waals surface area (Å²) in [6.45, 7) is 6.64. The predicted molar refractivity (Wildman–Crippen MR) is 146 cm³/mol. The summed E-state index contributed by atoms with van der Waals surface area (Å²) >= 11 is 0. The molecule has 1 saturated carbocycles. The second-order valence-electron chi connectivity index (χ2n) is 11.3. The number of nitrogens with one attached hydrogen (secondary N) is 3. The molecule has 3 aromatic rings. The van der Waals surface area contributed by atoms with Crippen molar-refractivity contribution in [2.45, 2.75) is 65.2 Å². The first kappa shape index (κ1) is 30.4. The Bertz CT molecular complexity index is 1410. The van der Waals surface area contributed by atoms with E-state index in [1.54, 1.807) is 29.2 Å². The number of nitro groups is 1. The minimum Gasteiger partial charge on any atom is -0.317 e. The first-order chi connectivity index (χ1) is 19.7. The number of carbonyl (C=O) groups is 2. The molecule has 4 rings (SSSR count). The number of halogens is 3. The fraction of sp³-hybridized carbons (Fsp3) is 0.444. The lowest BCUT2D eigenvalue weighted by Crippen LogP contribution is -2.45. The van der Waals surface area contributed by atoms with E-state index in [0.29, 0.717) is 36.0 Å². The fourth-order valence-electron chi connectivity index (χ4n) is 5.16. The van der Waals surface area contributed by atoms with E-state index in [4.69, 9.17) is 0 Å². The van der Waals surface area contributed by atoms with Gasteiger partial charge in [-0.05, 0) is 72.1 Å². The summed E-state index contributed by atoms with van der Waals surface area (Å²) in [6.07, 6.45) is -1.82. The number of hydrogen-bond acceptors (Lipinski definition) is 7. The van der Waals surface area contributed by atoms with Crippen LogP contribution in [0.1, 0.15) is 67.9 Å². The van der Waals surface area contributed by atoms with Crippen LogP contribution in [0.4, 0.5) is 35.3 Å². The highest BCUT2D eigenvalue weighted by molar-refractivity contribution is 6.03. The lowest BCUT2D eigenvalue weighted by Gasteiger charge is -2.41. The molecule has 0 atom stereocenters. The molecule has 2 aromatic carbocycles. The van der Waals surface area contributed by atoms with Crippen LogP contribution < -0.4 is 10.6 Å². The summed E-state index contributed by atoms with van der Waals surface area (Å²) in [5.41, 5.74) is -1.64. The number of carbonyl (C=O) groups excluding carboxylic acids is 2. The van der Waals surface area contributed by atoms with Crippen molar-refractivity contribution in [1.82, 2.24) is 25.5 Å². The van der Waals surface area contributed by atoms with E-state index in [9.17, 15) is 32.9 Å². The van der Waals surface area contributed by atoms with E-state index in [2.05, 4.69) is 52.0 Å². The summed E-state index contributed by atoms with van der Waals surface area (Å²) in [7, 11) is 0. The molecular formula is C27H31F3N8O4. The average Bonchev–Trinajstić information content (AvgIpc) is 3.44. The summed E-state index contributed by atoms with van der Waals surface area (Å²) in [6, 6.07) is 8.07. The van der Waals surface area contributed by atoms with E-state index < -0.39 is 34.3 Å². The number of aromatic nitrogens is 4. The standard InChI is InChI=1S/C27H31F3N8O4/c1-26(2,3)18-8-11-20(12-9-18)37(15-16-4-6-17(7-5-16)23(39)32-24-33-35-36-34-24)25(40)31-19-10-13-22(38(41)42)21(14-19)27(28,29)30/h4-7,10,13-14,18,20H,8-9,11-12,15H2,1-3H3,(H,31,40)(H2,32,33,34,35,36,39). The number of tetrazole rings is 1. The fourth-order valence-corrected chi connectivity index (χ4v) is 5.16. The minimum atomic E-state index is -4.98. The van der Waals surface area contributed by atoms with Gasteiger partial charge in [-0.15, -0.1) is 5.10 Å². The van der Waals surface area contributed by atoms with Crippen LogP contribution in [0.2, 0.25) is 0 Å².